The van der Waals surface area contributed by atoms with E-state index in [4.69, 9.17) is 14.8 Å². The van der Waals surface area contributed by atoms with Crippen molar-refractivity contribution >= 4 is 12.0 Å². The van der Waals surface area contributed by atoms with Gasteiger partial charge in [-0.05, 0) is 25.5 Å². The van der Waals surface area contributed by atoms with E-state index in [1.807, 2.05) is 6.92 Å². The van der Waals surface area contributed by atoms with Gasteiger partial charge in [0.1, 0.15) is 23.2 Å². The maximum Gasteiger partial charge on any atom is 0.346 e. The van der Waals surface area contributed by atoms with Crippen LogP contribution >= 0.6 is 0 Å². The van der Waals surface area contributed by atoms with Crippen LogP contribution in [0.2, 0.25) is 0 Å². The first-order valence-electron chi connectivity index (χ1n) is 3.96. The molecule has 0 atom stereocenters. The van der Waals surface area contributed by atoms with E-state index in [-0.39, 0.29) is 5.57 Å². The third-order valence-electron chi connectivity index (χ3n) is 1.82. The topological polar surface area (TPSA) is 74.2 Å². The number of aliphatic carboxylic acids is 1. The standard InChI is InChI=1S/C10H9NO3/c1-6-3-9(14-7(6)2)4-8(5-11)10(12)13/h3-4H,1-2H3,(H,12,13). The first-order chi connectivity index (χ1) is 6.54. The highest BCUT2D eigenvalue weighted by atomic mass is 16.4. The van der Waals surface area contributed by atoms with Crippen LogP contribution in [0.1, 0.15) is 17.1 Å². The van der Waals surface area contributed by atoms with Crippen molar-refractivity contribution in [2.45, 2.75) is 13.8 Å². The predicted molar refractivity (Wildman–Crippen MR) is 49.4 cm³/mol. The Morgan fingerprint density at radius 3 is 2.64 bits per heavy atom. The smallest absolute Gasteiger partial charge is 0.346 e. The highest BCUT2D eigenvalue weighted by Gasteiger charge is 2.08. The molecule has 0 amide bonds. The van der Waals surface area contributed by atoms with Crippen LogP contribution in [0.15, 0.2) is 16.1 Å². The lowest BCUT2D eigenvalue weighted by Gasteiger charge is -1.87. The highest BCUT2D eigenvalue weighted by Crippen LogP contribution is 2.15. The molecule has 0 spiro atoms. The maximum absolute atomic E-state index is 10.5. The number of nitrogens with zero attached hydrogens (tertiary/aromatic N) is 1. The third-order valence-corrected chi connectivity index (χ3v) is 1.82. The molecule has 1 aromatic rings. The molecule has 72 valence electrons. The molecule has 4 nitrogen and oxygen atoms in total. The largest absolute Gasteiger partial charge is 0.477 e. The SMILES string of the molecule is Cc1cc(C=C(C#N)C(=O)O)oc1C. The van der Waals surface area contributed by atoms with Gasteiger partial charge in [0.25, 0.3) is 0 Å². The molecule has 0 radical (unpaired) electrons. The summed E-state index contributed by atoms with van der Waals surface area (Å²) in [7, 11) is 0. The first-order valence-corrected chi connectivity index (χ1v) is 3.96. The van der Waals surface area contributed by atoms with Crippen LogP contribution in [0.25, 0.3) is 6.08 Å². The van der Waals surface area contributed by atoms with Crippen molar-refractivity contribution in [1.82, 2.24) is 0 Å². The second kappa shape index (κ2) is 3.79. The van der Waals surface area contributed by atoms with E-state index < -0.39 is 5.97 Å². The van der Waals surface area contributed by atoms with E-state index in [0.29, 0.717) is 5.76 Å². The van der Waals surface area contributed by atoms with E-state index in [1.165, 1.54) is 6.08 Å². The molecule has 0 bridgehead atoms. The van der Waals surface area contributed by atoms with E-state index in [0.717, 1.165) is 11.3 Å². The van der Waals surface area contributed by atoms with Gasteiger partial charge in [0.15, 0.2) is 0 Å². The zero-order valence-corrected chi connectivity index (χ0v) is 7.87. The Bertz CT molecular complexity index is 415. The molecule has 0 aliphatic heterocycles. The number of aryl methyl sites for hydroxylation is 2. The summed E-state index contributed by atoms with van der Waals surface area (Å²) in [6.45, 7) is 3.63. The molecule has 0 saturated heterocycles. The lowest BCUT2D eigenvalue weighted by molar-refractivity contribution is -0.132. The zero-order valence-electron chi connectivity index (χ0n) is 7.87. The average Bonchev–Trinajstić information content (AvgIpc) is 2.41. The zero-order chi connectivity index (χ0) is 10.7. The number of carboxylic acid groups (broad SMARTS) is 1. The van der Waals surface area contributed by atoms with Crippen molar-refractivity contribution in [3.63, 3.8) is 0 Å². The van der Waals surface area contributed by atoms with E-state index in [9.17, 15) is 4.79 Å². The Morgan fingerprint density at radius 2 is 2.29 bits per heavy atom. The Morgan fingerprint density at radius 1 is 1.64 bits per heavy atom. The molecule has 14 heavy (non-hydrogen) atoms. The van der Waals surface area contributed by atoms with Crippen molar-refractivity contribution < 1.29 is 14.3 Å². The summed E-state index contributed by atoms with van der Waals surface area (Å²) < 4.78 is 5.21. The normalized spacial score (nSPS) is 11.1. The molecule has 0 saturated carbocycles. The van der Waals surface area contributed by atoms with Gasteiger partial charge in [0, 0.05) is 6.08 Å². The molecule has 4 heteroatoms. The average molecular weight is 191 g/mol. The van der Waals surface area contributed by atoms with Gasteiger partial charge >= 0.3 is 5.97 Å². The van der Waals surface area contributed by atoms with Gasteiger partial charge in [0.05, 0.1) is 0 Å². The van der Waals surface area contributed by atoms with Gasteiger partial charge in [-0.25, -0.2) is 4.79 Å². The predicted octanol–water partition coefficient (Wildman–Crippen LogP) is 1.89. The fraction of sp³-hybridized carbons (Fsp3) is 0.200. The summed E-state index contributed by atoms with van der Waals surface area (Å²) in [5.41, 5.74) is 0.595. The van der Waals surface area contributed by atoms with Crippen molar-refractivity contribution in [2.24, 2.45) is 0 Å². The van der Waals surface area contributed by atoms with E-state index in [2.05, 4.69) is 0 Å². The molecule has 0 aromatic carbocycles. The number of rotatable bonds is 2. The van der Waals surface area contributed by atoms with Crippen molar-refractivity contribution in [3.8, 4) is 6.07 Å². The number of carbonyl (C=O) groups is 1. The monoisotopic (exact) mass is 191 g/mol. The van der Waals surface area contributed by atoms with Crippen LogP contribution < -0.4 is 0 Å². The minimum Gasteiger partial charge on any atom is -0.477 e. The van der Waals surface area contributed by atoms with Crippen LogP contribution in [0.5, 0.6) is 0 Å². The molecular weight excluding hydrogens is 182 g/mol. The van der Waals surface area contributed by atoms with Gasteiger partial charge in [-0.2, -0.15) is 5.26 Å². The van der Waals surface area contributed by atoms with Gasteiger partial charge < -0.3 is 9.52 Å². The van der Waals surface area contributed by atoms with Crippen molar-refractivity contribution in [1.29, 1.82) is 5.26 Å². The van der Waals surface area contributed by atoms with E-state index >= 15 is 0 Å². The Labute approximate surface area is 81.1 Å². The molecule has 1 rings (SSSR count). The Kier molecular flexibility index (Phi) is 2.73. The summed E-state index contributed by atoms with van der Waals surface area (Å²) >= 11 is 0. The lowest BCUT2D eigenvalue weighted by Crippen LogP contribution is -1.96. The summed E-state index contributed by atoms with van der Waals surface area (Å²) in [6.07, 6.45) is 1.21. The molecule has 0 fully saturated rings. The first kappa shape index (κ1) is 10.1. The van der Waals surface area contributed by atoms with Crippen LogP contribution in [0.4, 0.5) is 0 Å². The number of hydrogen-bond donors (Lipinski definition) is 1. The van der Waals surface area contributed by atoms with Gasteiger partial charge in [-0.3, -0.25) is 0 Å². The minimum atomic E-state index is -1.25. The minimum absolute atomic E-state index is 0.334. The fourth-order valence-electron chi connectivity index (χ4n) is 0.957. The van der Waals surface area contributed by atoms with Crippen molar-refractivity contribution in [3.05, 3.63) is 28.7 Å². The summed E-state index contributed by atoms with van der Waals surface area (Å²) in [5, 5.41) is 17.1. The molecule has 1 aromatic heterocycles. The fourth-order valence-corrected chi connectivity index (χ4v) is 0.957. The highest BCUT2D eigenvalue weighted by molar-refractivity contribution is 5.96. The van der Waals surface area contributed by atoms with Gasteiger partial charge in [-0.15, -0.1) is 0 Å². The molecule has 0 aliphatic carbocycles. The number of nitriles is 1. The summed E-state index contributed by atoms with van der Waals surface area (Å²) in [4.78, 5) is 10.5. The van der Waals surface area contributed by atoms with Gasteiger partial charge in [0.2, 0.25) is 0 Å². The molecule has 1 heterocycles. The third kappa shape index (κ3) is 2.02. The Balaban J connectivity index is 3.08. The van der Waals surface area contributed by atoms with Crippen LogP contribution in [0.3, 0.4) is 0 Å². The van der Waals surface area contributed by atoms with Gasteiger partial charge in [-0.1, -0.05) is 0 Å². The Hall–Kier alpha value is -2.02. The van der Waals surface area contributed by atoms with Crippen LogP contribution in [-0.4, -0.2) is 11.1 Å². The van der Waals surface area contributed by atoms with E-state index in [1.54, 1.807) is 19.1 Å². The van der Waals surface area contributed by atoms with Crippen molar-refractivity contribution in [2.75, 3.05) is 0 Å². The molecule has 1 N–H and O–H groups in total. The molecule has 0 aliphatic rings. The maximum atomic E-state index is 10.5. The summed E-state index contributed by atoms with van der Waals surface area (Å²) in [6, 6.07) is 3.27. The number of carboxylic acids is 1. The number of hydrogen-bond acceptors (Lipinski definition) is 3. The van der Waals surface area contributed by atoms with Crippen LogP contribution in [-0.2, 0) is 4.79 Å². The number of furan rings is 1. The van der Waals surface area contributed by atoms with Crippen LogP contribution in [0, 0.1) is 25.2 Å². The second-order valence-electron chi connectivity index (χ2n) is 2.86. The lowest BCUT2D eigenvalue weighted by atomic mass is 10.2. The second-order valence-corrected chi connectivity index (χ2v) is 2.86. The quantitative estimate of drug-likeness (QED) is 0.572. The molecule has 0 unspecified atom stereocenters. The molecular formula is C10H9NO3. The summed E-state index contributed by atoms with van der Waals surface area (Å²) in [5.74, 6) is -0.142.